The molecule has 0 atom stereocenters. The molecule has 1 aliphatic rings. The normalized spacial score (nSPS) is 14.5. The zero-order chi connectivity index (χ0) is 13.5. The fourth-order valence-corrected chi connectivity index (χ4v) is 2.37. The first-order valence-electron chi connectivity index (χ1n) is 6.78. The van der Waals surface area contributed by atoms with Crippen LogP contribution in [0.15, 0.2) is 18.5 Å². The molecule has 120 valence electrons. The summed E-state index contributed by atoms with van der Waals surface area (Å²) in [6.07, 6.45) is 7.11. The molecule has 1 fully saturated rings. The molecule has 0 unspecified atom stereocenters. The quantitative estimate of drug-likeness (QED) is 0.868. The van der Waals surface area contributed by atoms with Crippen molar-refractivity contribution in [2.75, 3.05) is 25.5 Å². The molecule has 2 heterocycles. The largest absolute Gasteiger partial charge is 0.494 e. The van der Waals surface area contributed by atoms with Crippen molar-refractivity contribution in [3.8, 4) is 5.75 Å². The van der Waals surface area contributed by atoms with Crippen LogP contribution in [0, 0.1) is 5.92 Å². The van der Waals surface area contributed by atoms with Crippen molar-refractivity contribution in [1.29, 1.82) is 0 Å². The average Bonchev–Trinajstić information content (AvgIpc) is 2.47. The van der Waals surface area contributed by atoms with Gasteiger partial charge in [0.05, 0.1) is 13.3 Å². The van der Waals surface area contributed by atoms with Gasteiger partial charge >= 0.3 is 0 Å². The molecule has 0 aliphatic carbocycles. The summed E-state index contributed by atoms with van der Waals surface area (Å²) in [5, 5.41) is 6.19. The number of hydrogen-bond acceptors (Lipinski definition) is 4. The summed E-state index contributed by atoms with van der Waals surface area (Å²) in [6.45, 7) is 2.14. The van der Waals surface area contributed by atoms with E-state index in [0.717, 1.165) is 19.5 Å². The van der Waals surface area contributed by atoms with E-state index >= 15 is 0 Å². The number of anilines is 1. The number of ether oxygens (including phenoxy) is 1. The fourth-order valence-electron chi connectivity index (χ4n) is 2.37. The van der Waals surface area contributed by atoms with Gasteiger partial charge in [-0.1, -0.05) is 0 Å². The van der Waals surface area contributed by atoms with Gasteiger partial charge in [0.2, 0.25) is 5.91 Å². The molecule has 2 N–H and O–H groups in total. The van der Waals surface area contributed by atoms with Crippen LogP contribution in [0.25, 0.3) is 0 Å². The second kappa shape index (κ2) is 10.7. The molecule has 7 heteroatoms. The molecule has 1 aromatic rings. The van der Waals surface area contributed by atoms with Crippen LogP contribution in [0.5, 0.6) is 5.75 Å². The lowest BCUT2D eigenvalue weighted by Gasteiger charge is -2.22. The Kier molecular flexibility index (Phi) is 10.1. The third kappa shape index (κ3) is 6.50. The Morgan fingerprint density at radius 1 is 1.43 bits per heavy atom. The standard InChI is InChI=1S/C14H21N3O2.2ClH/c1-19-13-6-9-16-10-12(13)17-14(18)3-2-11-4-7-15-8-5-11;;/h6,9-11,15H,2-5,7-8H2,1H3,(H,17,18);2*1H. The first-order chi connectivity index (χ1) is 9.29. The van der Waals surface area contributed by atoms with Crippen LogP contribution >= 0.6 is 24.8 Å². The SMILES string of the molecule is COc1ccncc1NC(=O)CCC1CCNCC1.Cl.Cl. The molecular weight excluding hydrogens is 313 g/mol. The molecule has 0 aromatic carbocycles. The van der Waals surface area contributed by atoms with Gasteiger partial charge in [0.15, 0.2) is 0 Å². The van der Waals surface area contributed by atoms with Crippen LogP contribution in [0.3, 0.4) is 0 Å². The van der Waals surface area contributed by atoms with Gasteiger partial charge in [0, 0.05) is 18.7 Å². The maximum Gasteiger partial charge on any atom is 0.224 e. The minimum atomic E-state index is 0. The van der Waals surface area contributed by atoms with Crippen LogP contribution in [0.4, 0.5) is 5.69 Å². The van der Waals surface area contributed by atoms with Gasteiger partial charge in [0.1, 0.15) is 11.4 Å². The number of nitrogens with zero attached hydrogens (tertiary/aromatic N) is 1. The van der Waals surface area contributed by atoms with E-state index in [2.05, 4.69) is 15.6 Å². The van der Waals surface area contributed by atoms with Gasteiger partial charge < -0.3 is 15.4 Å². The van der Waals surface area contributed by atoms with E-state index < -0.39 is 0 Å². The highest BCUT2D eigenvalue weighted by atomic mass is 35.5. The molecule has 5 nitrogen and oxygen atoms in total. The number of amides is 1. The summed E-state index contributed by atoms with van der Waals surface area (Å²) < 4.78 is 5.18. The van der Waals surface area contributed by atoms with E-state index in [1.807, 2.05) is 0 Å². The van der Waals surface area contributed by atoms with Gasteiger partial charge in [-0.15, -0.1) is 24.8 Å². The number of methoxy groups -OCH3 is 1. The molecule has 1 aromatic heterocycles. The van der Waals surface area contributed by atoms with Crippen molar-refractivity contribution in [1.82, 2.24) is 10.3 Å². The van der Waals surface area contributed by atoms with E-state index in [-0.39, 0.29) is 30.7 Å². The summed E-state index contributed by atoms with van der Waals surface area (Å²) in [7, 11) is 1.58. The van der Waals surface area contributed by atoms with E-state index in [1.165, 1.54) is 12.8 Å². The average molecular weight is 336 g/mol. The smallest absolute Gasteiger partial charge is 0.224 e. The number of carbonyl (C=O) groups is 1. The second-order valence-electron chi connectivity index (χ2n) is 4.86. The molecule has 0 bridgehead atoms. The van der Waals surface area contributed by atoms with Gasteiger partial charge in [-0.2, -0.15) is 0 Å². The minimum Gasteiger partial charge on any atom is -0.494 e. The number of piperidine rings is 1. The lowest BCUT2D eigenvalue weighted by molar-refractivity contribution is -0.116. The lowest BCUT2D eigenvalue weighted by atomic mass is 9.93. The number of aromatic nitrogens is 1. The number of carbonyl (C=O) groups excluding carboxylic acids is 1. The van der Waals surface area contributed by atoms with Crippen LogP contribution < -0.4 is 15.4 Å². The molecule has 0 radical (unpaired) electrons. The maximum absolute atomic E-state index is 11.9. The topological polar surface area (TPSA) is 63.2 Å². The van der Waals surface area contributed by atoms with E-state index in [0.29, 0.717) is 23.8 Å². The van der Waals surface area contributed by atoms with Crippen LogP contribution in [-0.2, 0) is 4.79 Å². The third-order valence-corrected chi connectivity index (χ3v) is 3.51. The molecule has 0 spiro atoms. The fraction of sp³-hybridized carbons (Fsp3) is 0.571. The van der Waals surface area contributed by atoms with E-state index in [1.54, 1.807) is 25.6 Å². The third-order valence-electron chi connectivity index (χ3n) is 3.51. The van der Waals surface area contributed by atoms with E-state index in [9.17, 15) is 4.79 Å². The molecule has 2 rings (SSSR count). The summed E-state index contributed by atoms with van der Waals surface area (Å²) in [5.41, 5.74) is 0.639. The molecular formula is C14H23Cl2N3O2. The summed E-state index contributed by atoms with van der Waals surface area (Å²) in [5.74, 6) is 1.35. The second-order valence-corrected chi connectivity index (χ2v) is 4.86. The maximum atomic E-state index is 11.9. The summed E-state index contributed by atoms with van der Waals surface area (Å²) >= 11 is 0. The molecule has 0 saturated carbocycles. The number of nitrogens with one attached hydrogen (secondary N) is 2. The van der Waals surface area contributed by atoms with Gasteiger partial charge in [-0.3, -0.25) is 9.78 Å². The van der Waals surface area contributed by atoms with E-state index in [4.69, 9.17) is 4.74 Å². The highest BCUT2D eigenvalue weighted by Crippen LogP contribution is 2.23. The van der Waals surface area contributed by atoms with Crippen LogP contribution in [0.1, 0.15) is 25.7 Å². The Bertz CT molecular complexity index is 426. The Morgan fingerprint density at radius 2 is 2.14 bits per heavy atom. The lowest BCUT2D eigenvalue weighted by Crippen LogP contribution is -2.28. The van der Waals surface area contributed by atoms with Crippen molar-refractivity contribution < 1.29 is 9.53 Å². The van der Waals surface area contributed by atoms with Crippen molar-refractivity contribution in [3.05, 3.63) is 18.5 Å². The predicted molar refractivity (Wildman–Crippen MR) is 88.7 cm³/mol. The molecule has 1 amide bonds. The molecule has 1 aliphatic heterocycles. The Morgan fingerprint density at radius 3 is 2.81 bits per heavy atom. The van der Waals surface area contributed by atoms with Crippen LogP contribution in [-0.4, -0.2) is 31.1 Å². The van der Waals surface area contributed by atoms with Crippen molar-refractivity contribution in [2.45, 2.75) is 25.7 Å². The van der Waals surface area contributed by atoms with Gasteiger partial charge in [-0.05, 0) is 38.3 Å². The minimum absolute atomic E-state index is 0. The Labute approximate surface area is 138 Å². The summed E-state index contributed by atoms with van der Waals surface area (Å²) in [4.78, 5) is 15.9. The monoisotopic (exact) mass is 335 g/mol. The molecule has 21 heavy (non-hydrogen) atoms. The highest BCUT2D eigenvalue weighted by molar-refractivity contribution is 5.92. The highest BCUT2D eigenvalue weighted by Gasteiger charge is 2.15. The van der Waals surface area contributed by atoms with Crippen LogP contribution in [0.2, 0.25) is 0 Å². The van der Waals surface area contributed by atoms with Crippen molar-refractivity contribution in [3.63, 3.8) is 0 Å². The predicted octanol–water partition coefficient (Wildman–Crippen LogP) is 2.65. The Hall–Kier alpha value is -1.04. The first kappa shape index (κ1) is 20.0. The number of halogens is 2. The molecule has 1 saturated heterocycles. The summed E-state index contributed by atoms with van der Waals surface area (Å²) in [6, 6.07) is 1.74. The Balaban J connectivity index is 0.00000200. The van der Waals surface area contributed by atoms with Crippen molar-refractivity contribution >= 4 is 36.4 Å². The zero-order valence-corrected chi connectivity index (χ0v) is 13.8. The number of pyridine rings is 1. The van der Waals surface area contributed by atoms with Gasteiger partial charge in [0.25, 0.3) is 0 Å². The zero-order valence-electron chi connectivity index (χ0n) is 12.1. The first-order valence-corrected chi connectivity index (χ1v) is 6.78. The van der Waals surface area contributed by atoms with Gasteiger partial charge in [-0.25, -0.2) is 0 Å². The van der Waals surface area contributed by atoms with Crippen molar-refractivity contribution in [2.24, 2.45) is 5.92 Å². The number of hydrogen-bond donors (Lipinski definition) is 2. The number of rotatable bonds is 5.